The second-order valence-electron chi connectivity index (χ2n) is 2.63. The molecule has 0 bridgehead atoms. The van der Waals surface area contributed by atoms with Crippen molar-refractivity contribution in [1.82, 2.24) is 15.1 Å². The number of amides is 1. The molecule has 0 aliphatic heterocycles. The van der Waals surface area contributed by atoms with Gasteiger partial charge in [0, 0.05) is 14.0 Å². The second kappa shape index (κ2) is 3.42. The Kier molecular flexibility index (Phi) is 2.50. The maximum Gasteiger partial charge on any atom is 0.241 e. The fourth-order valence-corrected chi connectivity index (χ4v) is 0.892. The summed E-state index contributed by atoms with van der Waals surface area (Å²) >= 11 is 0. The minimum Gasteiger partial charge on any atom is -0.493 e. The summed E-state index contributed by atoms with van der Waals surface area (Å²) in [6.07, 6.45) is 0. The van der Waals surface area contributed by atoms with Crippen LogP contribution < -0.4 is 5.32 Å². The van der Waals surface area contributed by atoms with E-state index in [1.807, 2.05) is 0 Å². The molecule has 0 aromatic carbocycles. The first kappa shape index (κ1) is 9.50. The fourth-order valence-electron chi connectivity index (χ4n) is 0.892. The van der Waals surface area contributed by atoms with Crippen LogP contribution in [0.1, 0.15) is 12.5 Å². The van der Waals surface area contributed by atoms with Crippen LogP contribution in [0.5, 0.6) is 5.88 Å². The van der Waals surface area contributed by atoms with Crippen LogP contribution in [0.15, 0.2) is 0 Å². The molecule has 0 fully saturated rings. The van der Waals surface area contributed by atoms with Crippen LogP contribution in [-0.2, 0) is 18.4 Å². The van der Waals surface area contributed by atoms with Crippen LogP contribution in [0.2, 0.25) is 0 Å². The third-order valence-electron chi connectivity index (χ3n) is 1.58. The number of nitrogens with zero attached hydrogens (tertiary/aromatic N) is 2. The summed E-state index contributed by atoms with van der Waals surface area (Å²) in [7, 11) is 1.41. The van der Waals surface area contributed by atoms with Gasteiger partial charge >= 0.3 is 0 Å². The fraction of sp³-hybridized carbons (Fsp3) is 0.429. The van der Waals surface area contributed by atoms with Gasteiger partial charge in [0.15, 0.2) is 0 Å². The van der Waals surface area contributed by atoms with E-state index >= 15 is 0 Å². The summed E-state index contributed by atoms with van der Waals surface area (Å²) in [4.78, 5) is 10.5. The largest absolute Gasteiger partial charge is 0.493 e. The first-order valence-corrected chi connectivity index (χ1v) is 3.67. The van der Waals surface area contributed by atoms with Crippen molar-refractivity contribution in [2.45, 2.75) is 13.5 Å². The maximum atomic E-state index is 12.9. The molecule has 2 N–H and O–H groups in total. The Bertz CT molecular complexity index is 335. The lowest BCUT2D eigenvalue weighted by Gasteiger charge is -1.99. The Labute approximate surface area is 74.2 Å². The predicted molar refractivity (Wildman–Crippen MR) is 42.4 cm³/mol. The first-order valence-electron chi connectivity index (χ1n) is 3.67. The highest BCUT2D eigenvalue weighted by Crippen LogP contribution is 2.17. The summed E-state index contributed by atoms with van der Waals surface area (Å²) < 4.78 is 13.9. The van der Waals surface area contributed by atoms with Crippen molar-refractivity contribution in [3.63, 3.8) is 0 Å². The zero-order valence-electron chi connectivity index (χ0n) is 7.33. The Morgan fingerprint density at radius 1 is 1.77 bits per heavy atom. The van der Waals surface area contributed by atoms with Crippen molar-refractivity contribution in [3.8, 4) is 5.88 Å². The third-order valence-corrected chi connectivity index (χ3v) is 1.58. The van der Waals surface area contributed by atoms with Gasteiger partial charge in [-0.25, -0.2) is 4.68 Å². The number of hydrogen-bond acceptors (Lipinski definition) is 3. The Morgan fingerprint density at radius 3 is 2.77 bits per heavy atom. The zero-order valence-corrected chi connectivity index (χ0v) is 7.33. The number of carbonyl (C=O) groups is 1. The highest BCUT2D eigenvalue weighted by molar-refractivity contribution is 5.72. The van der Waals surface area contributed by atoms with Crippen LogP contribution in [0.3, 0.4) is 0 Å². The molecular weight excluding hydrogens is 177 g/mol. The number of rotatable bonds is 2. The molecule has 0 radical (unpaired) electrons. The molecule has 1 amide bonds. The van der Waals surface area contributed by atoms with Crippen molar-refractivity contribution in [2.75, 3.05) is 0 Å². The van der Waals surface area contributed by atoms with Crippen molar-refractivity contribution in [2.24, 2.45) is 7.05 Å². The number of aromatic nitrogens is 2. The summed E-state index contributed by atoms with van der Waals surface area (Å²) in [5.41, 5.74) is -0.00213. The van der Waals surface area contributed by atoms with E-state index in [0.717, 1.165) is 4.68 Å². The average molecular weight is 187 g/mol. The van der Waals surface area contributed by atoms with Crippen molar-refractivity contribution >= 4 is 5.91 Å². The van der Waals surface area contributed by atoms with E-state index in [2.05, 4.69) is 10.4 Å². The summed E-state index contributed by atoms with van der Waals surface area (Å²) in [5, 5.41) is 14.9. The molecule has 1 rings (SSSR count). The number of nitrogens with one attached hydrogen (secondary N) is 1. The van der Waals surface area contributed by atoms with Gasteiger partial charge < -0.3 is 10.4 Å². The molecular formula is C7H10FN3O2. The topological polar surface area (TPSA) is 67.2 Å². The molecule has 5 nitrogen and oxygen atoms in total. The van der Waals surface area contributed by atoms with Crippen LogP contribution in [-0.4, -0.2) is 20.8 Å². The first-order chi connectivity index (χ1) is 6.02. The molecule has 6 heteroatoms. The molecule has 0 spiro atoms. The molecule has 0 atom stereocenters. The molecule has 0 saturated carbocycles. The lowest BCUT2D eigenvalue weighted by molar-refractivity contribution is -0.119. The molecule has 13 heavy (non-hydrogen) atoms. The van der Waals surface area contributed by atoms with Gasteiger partial charge in [-0.1, -0.05) is 0 Å². The molecule has 1 heterocycles. The Hall–Kier alpha value is -1.59. The smallest absolute Gasteiger partial charge is 0.241 e. The van der Waals surface area contributed by atoms with Gasteiger partial charge in [-0.15, -0.1) is 5.10 Å². The van der Waals surface area contributed by atoms with Crippen LogP contribution in [0, 0.1) is 5.95 Å². The molecule has 0 unspecified atom stereocenters. The number of aryl methyl sites for hydroxylation is 1. The quantitative estimate of drug-likeness (QED) is 0.679. The standard InChI is InChI=1S/C7H10FN3O2/c1-4(12)9-3-5-6(8)10-11(2)7(5)13/h13H,3H2,1-2H3,(H,9,12). The highest BCUT2D eigenvalue weighted by Gasteiger charge is 2.14. The number of carbonyl (C=O) groups excluding carboxylic acids is 1. The third kappa shape index (κ3) is 1.95. The van der Waals surface area contributed by atoms with Gasteiger partial charge in [0.25, 0.3) is 0 Å². The maximum absolute atomic E-state index is 12.9. The van der Waals surface area contributed by atoms with Crippen molar-refractivity contribution in [1.29, 1.82) is 0 Å². The number of halogens is 1. The lowest BCUT2D eigenvalue weighted by atomic mass is 10.3. The van der Waals surface area contributed by atoms with E-state index in [9.17, 15) is 14.3 Å². The number of hydrogen-bond donors (Lipinski definition) is 2. The average Bonchev–Trinajstić information content (AvgIpc) is 2.24. The SMILES string of the molecule is CC(=O)NCc1c(F)nn(C)c1O. The highest BCUT2D eigenvalue weighted by atomic mass is 19.1. The van der Waals surface area contributed by atoms with Gasteiger partial charge in [0.05, 0.1) is 12.1 Å². The van der Waals surface area contributed by atoms with Crippen LogP contribution in [0.25, 0.3) is 0 Å². The number of aromatic hydroxyl groups is 1. The monoisotopic (exact) mass is 187 g/mol. The van der Waals surface area contributed by atoms with Gasteiger partial charge in [0.1, 0.15) is 0 Å². The van der Waals surface area contributed by atoms with Crippen molar-refractivity contribution in [3.05, 3.63) is 11.5 Å². The normalized spacial score (nSPS) is 10.1. The predicted octanol–water partition coefficient (Wildman–Crippen LogP) is -0.0991. The minimum atomic E-state index is -0.770. The zero-order chi connectivity index (χ0) is 10.0. The van der Waals surface area contributed by atoms with E-state index < -0.39 is 5.95 Å². The molecule has 1 aromatic rings. The van der Waals surface area contributed by atoms with Crippen LogP contribution >= 0.6 is 0 Å². The Balaban J connectivity index is 2.81. The molecule has 72 valence electrons. The van der Waals surface area contributed by atoms with Gasteiger partial charge in [-0.2, -0.15) is 4.39 Å². The molecule has 0 aliphatic carbocycles. The summed E-state index contributed by atoms with van der Waals surface area (Å²) in [5.74, 6) is -1.33. The summed E-state index contributed by atoms with van der Waals surface area (Å²) in [6.45, 7) is 1.26. The van der Waals surface area contributed by atoms with Crippen molar-refractivity contribution < 1.29 is 14.3 Å². The molecule has 0 aliphatic rings. The minimum absolute atomic E-state index is 0.00213. The second-order valence-corrected chi connectivity index (χ2v) is 2.63. The van der Waals surface area contributed by atoms with E-state index in [0.29, 0.717) is 0 Å². The van der Waals surface area contributed by atoms with Gasteiger partial charge in [-0.3, -0.25) is 4.79 Å². The van der Waals surface area contributed by atoms with Gasteiger partial charge in [0.2, 0.25) is 17.7 Å². The Morgan fingerprint density at radius 2 is 2.38 bits per heavy atom. The lowest BCUT2D eigenvalue weighted by Crippen LogP contribution is -2.19. The van der Waals surface area contributed by atoms with E-state index in [-0.39, 0.29) is 23.9 Å². The summed E-state index contributed by atoms with van der Waals surface area (Å²) in [6, 6.07) is 0. The molecule has 1 aromatic heterocycles. The molecule has 0 saturated heterocycles. The van der Waals surface area contributed by atoms with Gasteiger partial charge in [-0.05, 0) is 0 Å². The van der Waals surface area contributed by atoms with E-state index in [1.165, 1.54) is 14.0 Å². The van der Waals surface area contributed by atoms with Crippen LogP contribution in [0.4, 0.5) is 4.39 Å². The van der Waals surface area contributed by atoms with E-state index in [1.54, 1.807) is 0 Å². The van der Waals surface area contributed by atoms with E-state index in [4.69, 9.17) is 0 Å².